The molecule has 0 spiro atoms. The van der Waals surface area contributed by atoms with Crippen molar-refractivity contribution in [1.82, 2.24) is 4.90 Å². The first-order chi connectivity index (χ1) is 4.93. The molecule has 0 atom stereocenters. The molecule has 1 rings (SSSR count). The van der Waals surface area contributed by atoms with Gasteiger partial charge in [0.25, 0.3) is 0 Å². The van der Waals surface area contributed by atoms with Crippen LogP contribution in [-0.2, 0) is 11.8 Å². The van der Waals surface area contributed by atoms with Gasteiger partial charge < -0.3 is 4.90 Å². The second-order valence-corrected chi connectivity index (χ2v) is 3.27. The average molecular weight is 195 g/mol. The van der Waals surface area contributed by atoms with Gasteiger partial charge in [-0.25, -0.2) is 0 Å². The van der Waals surface area contributed by atoms with Gasteiger partial charge in [0.15, 0.2) is 0 Å². The van der Waals surface area contributed by atoms with E-state index in [9.17, 15) is 0 Å². The third-order valence-corrected chi connectivity index (χ3v) is 2.49. The minimum Gasteiger partial charge on any atom is -0.302 e. The Morgan fingerprint density at radius 2 is 1.90 bits per heavy atom. The Bertz CT molecular complexity index is 76.1. The molecule has 1 aliphatic rings. The van der Waals surface area contributed by atoms with Crippen LogP contribution >= 0.6 is 19.8 Å². The largest absolute Gasteiger partial charge is 0.302 e. The van der Waals surface area contributed by atoms with Crippen LogP contribution in [0.4, 0.5) is 0 Å². The van der Waals surface area contributed by atoms with Crippen LogP contribution in [0.3, 0.4) is 0 Å². The molecule has 0 aromatic carbocycles. The Labute approximate surface area is 74.8 Å². The van der Waals surface area contributed by atoms with Crippen molar-refractivity contribution in [2.75, 3.05) is 31.1 Å². The van der Waals surface area contributed by atoms with Crippen molar-refractivity contribution in [1.29, 1.82) is 0 Å². The quantitative estimate of drug-likeness (QED) is 0.586. The molecule has 10 heavy (non-hydrogen) atoms. The Kier molecular flexibility index (Phi) is 8.59. The molecule has 1 nitrogen and oxygen atoms in total. The molecule has 0 aromatic heterocycles. The van der Waals surface area contributed by atoms with Gasteiger partial charge in [0.1, 0.15) is 0 Å². The SMILES string of the molecule is CCN1CCSCC1.P=S. The van der Waals surface area contributed by atoms with Crippen LogP contribution in [0.25, 0.3) is 0 Å². The molecular formula is C6H14NPS2. The van der Waals surface area contributed by atoms with Crippen LogP contribution in [0.5, 0.6) is 0 Å². The molecule has 0 unspecified atom stereocenters. The van der Waals surface area contributed by atoms with Gasteiger partial charge in [0, 0.05) is 24.6 Å². The molecule has 0 bridgehead atoms. The molecule has 1 fully saturated rings. The number of hydrogen-bond acceptors (Lipinski definition) is 3. The molecule has 0 radical (unpaired) electrons. The van der Waals surface area contributed by atoms with E-state index in [0.717, 1.165) is 0 Å². The van der Waals surface area contributed by atoms with Crippen LogP contribution in [0.2, 0.25) is 0 Å². The van der Waals surface area contributed by atoms with Gasteiger partial charge in [-0.2, -0.15) is 11.8 Å². The van der Waals surface area contributed by atoms with Gasteiger partial charge >= 0.3 is 0 Å². The summed E-state index contributed by atoms with van der Waals surface area (Å²) in [5.74, 6) is 2.68. The normalized spacial score (nSPS) is 19.3. The van der Waals surface area contributed by atoms with E-state index >= 15 is 0 Å². The molecular weight excluding hydrogens is 181 g/mol. The maximum absolute atomic E-state index is 3.89. The van der Waals surface area contributed by atoms with E-state index in [1.807, 2.05) is 0 Å². The molecule has 0 amide bonds. The lowest BCUT2D eigenvalue weighted by atomic mass is 10.5. The summed E-state index contributed by atoms with van der Waals surface area (Å²) in [5.41, 5.74) is 0. The summed E-state index contributed by atoms with van der Waals surface area (Å²) >= 11 is 5.96. The van der Waals surface area contributed by atoms with Crippen molar-refractivity contribution in [3.63, 3.8) is 0 Å². The van der Waals surface area contributed by atoms with E-state index in [2.05, 4.69) is 43.4 Å². The Balaban J connectivity index is 0.000000371. The summed E-state index contributed by atoms with van der Waals surface area (Å²) in [6.07, 6.45) is 0. The summed E-state index contributed by atoms with van der Waals surface area (Å²) < 4.78 is 0. The Hall–Kier alpha value is 0.830. The molecule has 0 saturated carbocycles. The zero-order chi connectivity index (χ0) is 7.82. The van der Waals surface area contributed by atoms with Gasteiger partial charge in [0.05, 0.1) is 0 Å². The summed E-state index contributed by atoms with van der Waals surface area (Å²) in [7, 11) is 2.56. The standard InChI is InChI=1S/C6H13NS.HPS/c1-2-7-3-5-8-6-4-7;1-2/h2-6H2,1H3;1H. The summed E-state index contributed by atoms with van der Waals surface area (Å²) in [4.78, 5) is 2.50. The van der Waals surface area contributed by atoms with Gasteiger partial charge in [-0.1, -0.05) is 18.7 Å². The molecule has 4 heteroatoms. The van der Waals surface area contributed by atoms with E-state index in [0.29, 0.717) is 0 Å². The fourth-order valence-electron chi connectivity index (χ4n) is 0.917. The van der Waals surface area contributed by atoms with E-state index in [1.54, 1.807) is 0 Å². The van der Waals surface area contributed by atoms with Gasteiger partial charge in [-0.05, 0) is 14.6 Å². The van der Waals surface area contributed by atoms with Crippen LogP contribution < -0.4 is 0 Å². The maximum atomic E-state index is 3.89. The fourth-order valence-corrected chi connectivity index (χ4v) is 1.90. The molecule has 0 N–H and O–H groups in total. The predicted molar refractivity (Wildman–Crippen MR) is 55.1 cm³/mol. The van der Waals surface area contributed by atoms with Crippen LogP contribution in [0.15, 0.2) is 0 Å². The van der Waals surface area contributed by atoms with Crippen LogP contribution in [0, 0.1) is 0 Å². The third kappa shape index (κ3) is 4.62. The minimum absolute atomic E-state index is 1.24. The van der Waals surface area contributed by atoms with Crippen molar-refractivity contribution in [2.24, 2.45) is 0 Å². The lowest BCUT2D eigenvalue weighted by molar-refractivity contribution is 0.320. The van der Waals surface area contributed by atoms with E-state index < -0.39 is 0 Å². The second kappa shape index (κ2) is 7.93. The highest BCUT2D eigenvalue weighted by Crippen LogP contribution is 2.07. The van der Waals surface area contributed by atoms with Crippen molar-refractivity contribution < 1.29 is 0 Å². The van der Waals surface area contributed by atoms with Gasteiger partial charge in [-0.15, -0.1) is 0 Å². The monoisotopic (exact) mass is 195 g/mol. The van der Waals surface area contributed by atoms with Crippen LogP contribution in [-0.4, -0.2) is 36.0 Å². The minimum atomic E-state index is 1.24. The molecule has 1 saturated heterocycles. The maximum Gasteiger partial charge on any atom is 0.00726 e. The Morgan fingerprint density at radius 3 is 2.20 bits per heavy atom. The highest BCUT2D eigenvalue weighted by molar-refractivity contribution is 7.99. The van der Waals surface area contributed by atoms with Crippen molar-refractivity contribution >= 4 is 31.6 Å². The molecule has 0 aromatic rings. The first kappa shape index (κ1) is 10.8. The summed E-state index contributed by atoms with van der Waals surface area (Å²) in [5, 5.41) is 0. The van der Waals surface area contributed by atoms with Crippen molar-refractivity contribution in [3.05, 3.63) is 0 Å². The number of rotatable bonds is 1. The van der Waals surface area contributed by atoms with Gasteiger partial charge in [0.2, 0.25) is 0 Å². The number of hydrogen-bond donors (Lipinski definition) is 0. The van der Waals surface area contributed by atoms with Gasteiger partial charge in [-0.3, -0.25) is 0 Å². The summed E-state index contributed by atoms with van der Waals surface area (Å²) in [6, 6.07) is 0. The predicted octanol–water partition coefficient (Wildman–Crippen LogP) is 1.65. The molecule has 1 heterocycles. The third-order valence-electron chi connectivity index (χ3n) is 1.55. The zero-order valence-corrected chi connectivity index (χ0v) is 8.93. The lowest BCUT2D eigenvalue weighted by Gasteiger charge is -2.23. The van der Waals surface area contributed by atoms with Crippen molar-refractivity contribution in [3.8, 4) is 0 Å². The lowest BCUT2D eigenvalue weighted by Crippen LogP contribution is -2.31. The highest BCUT2D eigenvalue weighted by Gasteiger charge is 2.05. The number of thioether (sulfide) groups is 1. The smallest absolute Gasteiger partial charge is 0.00726 e. The van der Waals surface area contributed by atoms with E-state index in [1.165, 1.54) is 31.1 Å². The molecule has 1 aliphatic heterocycles. The second-order valence-electron chi connectivity index (χ2n) is 2.05. The molecule has 0 aliphatic carbocycles. The zero-order valence-electron chi connectivity index (χ0n) is 6.30. The molecule has 60 valence electrons. The topological polar surface area (TPSA) is 3.24 Å². The average Bonchev–Trinajstić information content (AvgIpc) is 2.10. The van der Waals surface area contributed by atoms with E-state index in [4.69, 9.17) is 0 Å². The number of nitrogens with zero attached hydrogens (tertiary/aromatic N) is 1. The first-order valence-electron chi connectivity index (χ1n) is 3.44. The fraction of sp³-hybridized carbons (Fsp3) is 1.00. The van der Waals surface area contributed by atoms with Crippen molar-refractivity contribution in [2.45, 2.75) is 6.92 Å². The van der Waals surface area contributed by atoms with Crippen LogP contribution in [0.1, 0.15) is 6.92 Å². The summed E-state index contributed by atoms with van der Waals surface area (Å²) in [6.45, 7) is 6.08. The van der Waals surface area contributed by atoms with E-state index in [-0.39, 0.29) is 0 Å². The first-order valence-corrected chi connectivity index (χ1v) is 6.22. The highest BCUT2D eigenvalue weighted by atomic mass is 32.4. The Morgan fingerprint density at radius 1 is 1.40 bits per heavy atom.